The normalized spacial score (nSPS) is 9.85. The molecule has 1 rings (SSSR count). The van der Waals surface area contributed by atoms with Crippen molar-refractivity contribution in [2.24, 2.45) is 0 Å². The van der Waals surface area contributed by atoms with Crippen molar-refractivity contribution in [3.63, 3.8) is 0 Å². The first-order valence-electron chi connectivity index (χ1n) is 4.41. The highest BCUT2D eigenvalue weighted by Crippen LogP contribution is 2.27. The maximum atomic E-state index is 5.29. The summed E-state index contributed by atoms with van der Waals surface area (Å²) in [5, 5.41) is 0. The third-order valence-corrected chi connectivity index (χ3v) is 2.12. The Morgan fingerprint density at radius 2 is 2.23 bits per heavy atom. The molecule has 0 atom stereocenters. The summed E-state index contributed by atoms with van der Waals surface area (Å²) < 4.78 is 5.29. The van der Waals surface area contributed by atoms with Crippen molar-refractivity contribution in [2.45, 2.75) is 13.8 Å². The molecule has 0 unspecified atom stereocenters. The molecule has 1 aromatic rings. The molecule has 13 heavy (non-hydrogen) atoms. The van der Waals surface area contributed by atoms with Gasteiger partial charge in [0.05, 0.1) is 7.11 Å². The average molecular weight is 180 g/mol. The van der Waals surface area contributed by atoms with Crippen LogP contribution < -0.4 is 9.64 Å². The fourth-order valence-electron chi connectivity index (χ4n) is 1.20. The molecule has 0 saturated carbocycles. The number of ether oxygens (including phenoxy) is 1. The highest BCUT2D eigenvalue weighted by molar-refractivity contribution is 5.55. The molecule has 0 radical (unpaired) electrons. The Morgan fingerprint density at radius 3 is 2.77 bits per heavy atom. The van der Waals surface area contributed by atoms with Crippen molar-refractivity contribution in [2.75, 3.05) is 25.6 Å². The Bertz CT molecular complexity index is 286. The van der Waals surface area contributed by atoms with Crippen LogP contribution in [0, 0.1) is 6.92 Å². The van der Waals surface area contributed by atoms with Crippen LogP contribution in [0.4, 0.5) is 5.82 Å². The van der Waals surface area contributed by atoms with Crippen LogP contribution >= 0.6 is 0 Å². The topological polar surface area (TPSA) is 25.4 Å². The first-order valence-corrected chi connectivity index (χ1v) is 4.41. The summed E-state index contributed by atoms with van der Waals surface area (Å²) >= 11 is 0. The molecule has 3 heteroatoms. The van der Waals surface area contributed by atoms with Gasteiger partial charge in [-0.2, -0.15) is 0 Å². The van der Waals surface area contributed by atoms with Crippen LogP contribution in [0.1, 0.15) is 12.5 Å². The monoisotopic (exact) mass is 180 g/mol. The number of aromatic nitrogens is 1. The summed E-state index contributed by atoms with van der Waals surface area (Å²) in [4.78, 5) is 6.34. The first-order chi connectivity index (χ1) is 6.20. The Hall–Kier alpha value is -1.25. The number of methoxy groups -OCH3 is 1. The number of rotatable bonds is 3. The second-order valence-electron chi connectivity index (χ2n) is 3.00. The first kappa shape index (κ1) is 9.84. The molecule has 1 heterocycles. The Kier molecular flexibility index (Phi) is 3.12. The predicted molar refractivity (Wildman–Crippen MR) is 54.5 cm³/mol. The van der Waals surface area contributed by atoms with E-state index in [0.29, 0.717) is 0 Å². The van der Waals surface area contributed by atoms with E-state index in [4.69, 9.17) is 4.74 Å². The number of hydrogen-bond acceptors (Lipinski definition) is 3. The number of hydrogen-bond donors (Lipinski definition) is 0. The maximum absolute atomic E-state index is 5.29. The molecule has 1 aromatic heterocycles. The van der Waals surface area contributed by atoms with Crippen molar-refractivity contribution in [1.29, 1.82) is 0 Å². The fraction of sp³-hybridized carbons (Fsp3) is 0.500. The van der Waals surface area contributed by atoms with Crippen LogP contribution in [0.2, 0.25) is 0 Å². The van der Waals surface area contributed by atoms with Gasteiger partial charge < -0.3 is 9.64 Å². The molecule has 0 bridgehead atoms. The van der Waals surface area contributed by atoms with Gasteiger partial charge in [-0.1, -0.05) is 0 Å². The summed E-state index contributed by atoms with van der Waals surface area (Å²) in [6, 6.07) is 1.95. The van der Waals surface area contributed by atoms with E-state index in [2.05, 4.69) is 16.8 Å². The lowest BCUT2D eigenvalue weighted by molar-refractivity contribution is 0.410. The average Bonchev–Trinajstić information content (AvgIpc) is 2.16. The van der Waals surface area contributed by atoms with E-state index >= 15 is 0 Å². The number of anilines is 1. The lowest BCUT2D eigenvalue weighted by Crippen LogP contribution is -2.18. The molecule has 72 valence electrons. The molecule has 0 aliphatic heterocycles. The SMILES string of the molecule is CCN(C)c1nccc(C)c1OC. The molecule has 0 amide bonds. The van der Waals surface area contributed by atoms with Gasteiger partial charge in [0.2, 0.25) is 0 Å². The smallest absolute Gasteiger partial charge is 0.171 e. The number of pyridine rings is 1. The van der Waals surface area contributed by atoms with Gasteiger partial charge in [-0.15, -0.1) is 0 Å². The molecule has 0 saturated heterocycles. The summed E-state index contributed by atoms with van der Waals surface area (Å²) in [5.41, 5.74) is 1.12. The van der Waals surface area contributed by atoms with Crippen molar-refractivity contribution < 1.29 is 4.74 Å². The third-order valence-electron chi connectivity index (χ3n) is 2.12. The van der Waals surface area contributed by atoms with E-state index in [1.807, 2.05) is 20.0 Å². The van der Waals surface area contributed by atoms with Crippen molar-refractivity contribution in [1.82, 2.24) is 4.98 Å². The van der Waals surface area contributed by atoms with E-state index in [0.717, 1.165) is 23.7 Å². The van der Waals surface area contributed by atoms with Gasteiger partial charge in [-0.05, 0) is 25.5 Å². The van der Waals surface area contributed by atoms with E-state index in [1.54, 1.807) is 13.3 Å². The van der Waals surface area contributed by atoms with Crippen LogP contribution in [0.25, 0.3) is 0 Å². The van der Waals surface area contributed by atoms with Gasteiger partial charge in [-0.3, -0.25) is 0 Å². The Labute approximate surface area is 79.3 Å². The zero-order valence-electron chi connectivity index (χ0n) is 8.66. The largest absolute Gasteiger partial charge is 0.493 e. The number of aryl methyl sites for hydroxylation is 1. The molecular formula is C10H16N2O. The standard InChI is InChI=1S/C10H16N2O/c1-5-12(3)10-9(13-4)8(2)6-7-11-10/h6-7H,5H2,1-4H3. The highest BCUT2D eigenvalue weighted by Gasteiger charge is 2.09. The van der Waals surface area contributed by atoms with Crippen molar-refractivity contribution in [3.05, 3.63) is 17.8 Å². The van der Waals surface area contributed by atoms with Crippen LogP contribution in [0.3, 0.4) is 0 Å². The molecule has 0 aromatic carbocycles. The van der Waals surface area contributed by atoms with Crippen molar-refractivity contribution in [3.8, 4) is 5.75 Å². The van der Waals surface area contributed by atoms with Gasteiger partial charge in [0.15, 0.2) is 11.6 Å². The lowest BCUT2D eigenvalue weighted by atomic mass is 10.2. The molecular weight excluding hydrogens is 164 g/mol. The van der Waals surface area contributed by atoms with Crippen LogP contribution in [0.15, 0.2) is 12.3 Å². The van der Waals surface area contributed by atoms with Crippen LogP contribution in [-0.4, -0.2) is 25.7 Å². The summed E-state index contributed by atoms with van der Waals surface area (Å²) in [6.07, 6.45) is 1.80. The molecule has 3 nitrogen and oxygen atoms in total. The van der Waals surface area contributed by atoms with Crippen LogP contribution in [0.5, 0.6) is 5.75 Å². The minimum Gasteiger partial charge on any atom is -0.493 e. The maximum Gasteiger partial charge on any atom is 0.171 e. The summed E-state index contributed by atoms with van der Waals surface area (Å²) in [5.74, 6) is 1.77. The van der Waals surface area contributed by atoms with Gasteiger partial charge in [0.25, 0.3) is 0 Å². The molecule has 0 aliphatic carbocycles. The van der Waals surface area contributed by atoms with Crippen LogP contribution in [-0.2, 0) is 0 Å². The zero-order valence-corrected chi connectivity index (χ0v) is 8.66. The van der Waals surface area contributed by atoms with Gasteiger partial charge in [0, 0.05) is 19.8 Å². The molecule has 0 N–H and O–H groups in total. The minimum absolute atomic E-state index is 0.867. The molecule has 0 spiro atoms. The second kappa shape index (κ2) is 4.12. The van der Waals surface area contributed by atoms with E-state index in [-0.39, 0.29) is 0 Å². The molecule has 0 aliphatic rings. The highest BCUT2D eigenvalue weighted by atomic mass is 16.5. The second-order valence-corrected chi connectivity index (χ2v) is 3.00. The zero-order chi connectivity index (χ0) is 9.84. The predicted octanol–water partition coefficient (Wildman–Crippen LogP) is 1.85. The van der Waals surface area contributed by atoms with E-state index < -0.39 is 0 Å². The molecule has 0 fully saturated rings. The lowest BCUT2D eigenvalue weighted by Gasteiger charge is -2.19. The third kappa shape index (κ3) is 1.91. The quantitative estimate of drug-likeness (QED) is 0.710. The number of nitrogens with zero attached hydrogens (tertiary/aromatic N) is 2. The summed E-state index contributed by atoms with van der Waals surface area (Å²) in [7, 11) is 3.68. The van der Waals surface area contributed by atoms with Crippen molar-refractivity contribution >= 4 is 5.82 Å². The van der Waals surface area contributed by atoms with Gasteiger partial charge >= 0.3 is 0 Å². The van der Waals surface area contributed by atoms with E-state index in [9.17, 15) is 0 Å². The Balaban J connectivity index is 3.12. The Morgan fingerprint density at radius 1 is 1.54 bits per heavy atom. The summed E-state index contributed by atoms with van der Waals surface area (Å²) in [6.45, 7) is 5.03. The minimum atomic E-state index is 0.867. The van der Waals surface area contributed by atoms with Gasteiger partial charge in [-0.25, -0.2) is 4.98 Å². The van der Waals surface area contributed by atoms with E-state index in [1.165, 1.54) is 0 Å². The van der Waals surface area contributed by atoms with Gasteiger partial charge in [0.1, 0.15) is 0 Å². The fourth-order valence-corrected chi connectivity index (χ4v) is 1.20.